The van der Waals surface area contributed by atoms with Crippen LogP contribution >= 0.6 is 11.3 Å². The third kappa shape index (κ3) is 4.52. The lowest BCUT2D eigenvalue weighted by atomic mass is 9.91. The summed E-state index contributed by atoms with van der Waals surface area (Å²) in [7, 11) is -3.45. The van der Waals surface area contributed by atoms with E-state index in [0.717, 1.165) is 6.42 Å². The van der Waals surface area contributed by atoms with Gasteiger partial charge in [-0.1, -0.05) is 0 Å². The van der Waals surface area contributed by atoms with Crippen molar-refractivity contribution in [3.63, 3.8) is 0 Å². The fraction of sp³-hybridized carbons (Fsp3) is 0.478. The fourth-order valence-corrected chi connectivity index (χ4v) is 6.93. The van der Waals surface area contributed by atoms with E-state index in [0.29, 0.717) is 71.4 Å². The minimum Gasteiger partial charge on any atom is -0.477 e. The summed E-state index contributed by atoms with van der Waals surface area (Å²) in [5.74, 6) is 1.74. The maximum absolute atomic E-state index is 13.3. The zero-order chi connectivity index (χ0) is 24.9. The second-order valence-electron chi connectivity index (χ2n) is 9.52. The van der Waals surface area contributed by atoms with Crippen LogP contribution in [-0.2, 0) is 15.6 Å². The molecule has 6 rings (SSSR count). The molecule has 3 aromatic heterocycles. The lowest BCUT2D eigenvalue weighted by Gasteiger charge is -2.30. The van der Waals surface area contributed by atoms with Crippen LogP contribution < -0.4 is 14.8 Å². The van der Waals surface area contributed by atoms with Crippen molar-refractivity contribution in [2.45, 2.75) is 49.8 Å². The Bertz CT molecular complexity index is 1410. The van der Waals surface area contributed by atoms with E-state index in [-0.39, 0.29) is 17.0 Å². The Morgan fingerprint density at radius 1 is 1.17 bits per heavy atom. The number of amides is 1. The molecule has 0 aromatic carbocycles. The average molecular weight is 528 g/mol. The van der Waals surface area contributed by atoms with E-state index in [4.69, 9.17) is 4.74 Å². The first-order valence-electron chi connectivity index (χ1n) is 11.9. The van der Waals surface area contributed by atoms with Crippen LogP contribution in [0.3, 0.4) is 0 Å². The number of ether oxygens (including phenoxy) is 1. The van der Waals surface area contributed by atoms with Crippen LogP contribution in [-0.4, -0.2) is 51.1 Å². The number of hydrogen-bond donors (Lipinski definition) is 2. The van der Waals surface area contributed by atoms with Crippen LogP contribution in [0.25, 0.3) is 10.6 Å². The molecule has 1 amide bonds. The van der Waals surface area contributed by atoms with E-state index >= 15 is 0 Å². The predicted octanol–water partition coefficient (Wildman–Crippen LogP) is 2.75. The number of thiazole rings is 1. The zero-order valence-electron chi connectivity index (χ0n) is 19.5. The molecule has 2 unspecified atom stereocenters. The maximum Gasteiger partial charge on any atom is 0.281 e. The molecule has 36 heavy (non-hydrogen) atoms. The number of fused-ring (bicyclic) bond motifs is 1. The normalized spacial score (nSPS) is 24.7. The van der Waals surface area contributed by atoms with Gasteiger partial charge in [0.25, 0.3) is 5.91 Å². The molecule has 0 spiro atoms. The quantitative estimate of drug-likeness (QED) is 0.428. The minimum atomic E-state index is -3.45. The molecule has 0 radical (unpaired) electrons. The van der Waals surface area contributed by atoms with Crippen molar-refractivity contribution < 1.29 is 17.9 Å². The smallest absolute Gasteiger partial charge is 0.281 e. The highest BCUT2D eigenvalue weighted by molar-refractivity contribution is 7.93. The standard InChI is InChI=1S/C23H25N7O4S2/c1-2-34-19-12-24-10-16(27-19)17-11-26-21(35-17)20(31)29-23(8-13-7-14(13)9-23)22-25-6-5-18(28-22)30-36(32,33)15-3-4-15/h5-6,10-15H,2-4,7-9H2,1H3,(H,29,31)(H,25,28,30). The third-order valence-electron chi connectivity index (χ3n) is 6.79. The Morgan fingerprint density at radius 2 is 1.97 bits per heavy atom. The molecular weight excluding hydrogens is 502 g/mol. The molecule has 13 heteroatoms. The van der Waals surface area contributed by atoms with Gasteiger partial charge in [-0.2, -0.15) is 0 Å². The second-order valence-corrected chi connectivity index (χ2v) is 12.5. The van der Waals surface area contributed by atoms with E-state index in [2.05, 4.69) is 35.0 Å². The van der Waals surface area contributed by atoms with Crippen LogP contribution in [0.2, 0.25) is 0 Å². The summed E-state index contributed by atoms with van der Waals surface area (Å²) in [6.45, 7) is 2.34. The van der Waals surface area contributed by atoms with Gasteiger partial charge in [0, 0.05) is 12.4 Å². The molecule has 3 aliphatic rings. The maximum atomic E-state index is 13.3. The monoisotopic (exact) mass is 527 g/mol. The highest BCUT2D eigenvalue weighted by Crippen LogP contribution is 2.59. The fourth-order valence-electron chi connectivity index (χ4n) is 4.84. The Kier molecular flexibility index (Phi) is 5.63. The summed E-state index contributed by atoms with van der Waals surface area (Å²) >= 11 is 1.22. The van der Waals surface area contributed by atoms with E-state index < -0.39 is 15.6 Å². The number of hydrogen-bond acceptors (Lipinski definition) is 10. The van der Waals surface area contributed by atoms with Crippen molar-refractivity contribution in [2.24, 2.45) is 11.8 Å². The number of sulfonamides is 1. The van der Waals surface area contributed by atoms with Gasteiger partial charge in [-0.3, -0.25) is 14.5 Å². The van der Waals surface area contributed by atoms with Crippen molar-refractivity contribution in [2.75, 3.05) is 11.3 Å². The highest BCUT2D eigenvalue weighted by Gasteiger charge is 2.57. The second kappa shape index (κ2) is 8.73. The molecule has 3 fully saturated rings. The van der Waals surface area contributed by atoms with Crippen LogP contribution in [0.15, 0.2) is 30.9 Å². The molecule has 2 N–H and O–H groups in total. The van der Waals surface area contributed by atoms with Gasteiger partial charge in [0.2, 0.25) is 15.9 Å². The highest BCUT2D eigenvalue weighted by atomic mass is 32.2. The Balaban J connectivity index is 1.24. The zero-order valence-corrected chi connectivity index (χ0v) is 21.2. The Hall–Kier alpha value is -3.19. The third-order valence-corrected chi connectivity index (χ3v) is 9.66. The molecule has 11 nitrogen and oxygen atoms in total. The molecule has 0 aliphatic heterocycles. The molecule has 3 saturated carbocycles. The van der Waals surface area contributed by atoms with Crippen molar-refractivity contribution >= 4 is 33.1 Å². The number of nitrogens with zero attached hydrogens (tertiary/aromatic N) is 5. The van der Waals surface area contributed by atoms with Crippen molar-refractivity contribution in [3.8, 4) is 16.5 Å². The molecule has 3 heterocycles. The lowest BCUT2D eigenvalue weighted by Crippen LogP contribution is -2.46. The van der Waals surface area contributed by atoms with E-state index in [9.17, 15) is 13.2 Å². The van der Waals surface area contributed by atoms with Crippen molar-refractivity contribution in [1.82, 2.24) is 30.2 Å². The largest absolute Gasteiger partial charge is 0.477 e. The predicted molar refractivity (Wildman–Crippen MR) is 132 cm³/mol. The van der Waals surface area contributed by atoms with Crippen LogP contribution in [0.5, 0.6) is 5.88 Å². The van der Waals surface area contributed by atoms with Crippen LogP contribution in [0, 0.1) is 11.8 Å². The van der Waals surface area contributed by atoms with E-state index in [1.165, 1.54) is 23.7 Å². The first-order valence-corrected chi connectivity index (χ1v) is 14.3. The molecule has 3 aromatic rings. The topological polar surface area (TPSA) is 149 Å². The summed E-state index contributed by atoms with van der Waals surface area (Å²) in [5.41, 5.74) is -0.194. The number of rotatable bonds is 9. The number of carbonyl (C=O) groups excluding carboxylic acids is 1. The minimum absolute atomic E-state index is 0.227. The lowest BCUT2D eigenvalue weighted by molar-refractivity contribution is 0.0885. The summed E-state index contributed by atoms with van der Waals surface area (Å²) < 4.78 is 32.8. The van der Waals surface area contributed by atoms with Gasteiger partial charge in [-0.25, -0.2) is 28.4 Å². The molecule has 0 saturated heterocycles. The summed E-state index contributed by atoms with van der Waals surface area (Å²) in [6.07, 6.45) is 10.1. The van der Waals surface area contributed by atoms with Gasteiger partial charge in [0.15, 0.2) is 10.8 Å². The van der Waals surface area contributed by atoms with Gasteiger partial charge >= 0.3 is 0 Å². The van der Waals surface area contributed by atoms with Crippen molar-refractivity contribution in [3.05, 3.63) is 41.7 Å². The first-order chi connectivity index (χ1) is 17.3. The SMILES string of the molecule is CCOc1cncc(-c2cnc(C(=O)NC3(c4nccc(NS(=O)(=O)C5CC5)n4)CC4CC4C3)s2)n1. The molecule has 0 bridgehead atoms. The number of nitrogens with one attached hydrogen (secondary N) is 2. The Labute approximate surface area is 212 Å². The van der Waals surface area contributed by atoms with Gasteiger partial charge in [-0.05, 0) is 56.9 Å². The number of aromatic nitrogens is 5. The molecule has 2 atom stereocenters. The van der Waals surface area contributed by atoms with Crippen LogP contribution in [0.4, 0.5) is 5.82 Å². The van der Waals surface area contributed by atoms with Crippen molar-refractivity contribution in [1.29, 1.82) is 0 Å². The summed E-state index contributed by atoms with van der Waals surface area (Å²) in [5, 5.41) is 3.08. The van der Waals surface area contributed by atoms with Crippen LogP contribution in [0.1, 0.15) is 54.7 Å². The Morgan fingerprint density at radius 3 is 2.72 bits per heavy atom. The average Bonchev–Trinajstić information content (AvgIpc) is 3.76. The van der Waals surface area contributed by atoms with Gasteiger partial charge in [0.05, 0.1) is 29.1 Å². The van der Waals surface area contributed by atoms with Gasteiger partial charge in [0.1, 0.15) is 17.1 Å². The summed E-state index contributed by atoms with van der Waals surface area (Å²) in [6, 6.07) is 1.54. The molecular formula is C23H25N7O4S2. The molecule has 188 valence electrons. The molecule has 3 aliphatic carbocycles. The van der Waals surface area contributed by atoms with E-state index in [1.54, 1.807) is 18.5 Å². The first kappa shape index (κ1) is 23.2. The van der Waals surface area contributed by atoms with Gasteiger partial charge < -0.3 is 10.1 Å². The number of carbonyl (C=O) groups is 1. The van der Waals surface area contributed by atoms with Gasteiger partial charge in [-0.15, -0.1) is 11.3 Å². The number of anilines is 1. The van der Waals surface area contributed by atoms with E-state index in [1.807, 2.05) is 6.92 Å². The summed E-state index contributed by atoms with van der Waals surface area (Å²) in [4.78, 5) is 35.9.